The van der Waals surface area contributed by atoms with Crippen molar-refractivity contribution in [2.75, 3.05) is 14.2 Å². The molecule has 0 radical (unpaired) electrons. The molecule has 0 unspecified atom stereocenters. The Kier molecular flexibility index (Phi) is 6.11. The fourth-order valence-corrected chi connectivity index (χ4v) is 4.11. The first-order valence-corrected chi connectivity index (χ1v) is 10.6. The second-order valence-electron chi connectivity index (χ2n) is 6.73. The molecule has 0 atom stereocenters. The molecular formula is C26H20N2O2S. The molecule has 0 saturated carbocycles. The Morgan fingerprint density at radius 2 is 1.58 bits per heavy atom. The third-order valence-electron chi connectivity index (χ3n) is 4.88. The summed E-state index contributed by atoms with van der Waals surface area (Å²) in [5, 5.41) is 12.4. The molecule has 0 bridgehead atoms. The van der Waals surface area contributed by atoms with Crippen molar-refractivity contribution in [2.45, 2.75) is 0 Å². The highest BCUT2D eigenvalue weighted by Gasteiger charge is 2.13. The van der Waals surface area contributed by atoms with Gasteiger partial charge in [-0.15, -0.1) is 11.3 Å². The lowest BCUT2D eigenvalue weighted by molar-refractivity contribution is 0.354. The summed E-state index contributed by atoms with van der Waals surface area (Å²) in [7, 11) is 3.18. The van der Waals surface area contributed by atoms with E-state index in [4.69, 9.17) is 14.5 Å². The molecule has 152 valence electrons. The van der Waals surface area contributed by atoms with Gasteiger partial charge in [0.05, 0.1) is 25.5 Å². The monoisotopic (exact) mass is 424 g/mol. The highest BCUT2D eigenvalue weighted by molar-refractivity contribution is 7.11. The van der Waals surface area contributed by atoms with E-state index in [1.807, 2.05) is 41.8 Å². The number of benzene rings is 3. The molecular weight excluding hydrogens is 404 g/mol. The molecule has 4 rings (SSSR count). The Bertz CT molecular complexity index is 1250. The summed E-state index contributed by atoms with van der Waals surface area (Å²) in [5.74, 6) is 1.21. The standard InChI is InChI=1S/C26H20N2O2S/c1-29-24-10-6-9-21(25(24)30-2)15-22(16-27)26-28-23(17-31-26)20-13-11-19(12-14-20)18-7-4-3-5-8-18/h3-15,17H,1-2H3/b22-15-. The van der Waals surface area contributed by atoms with E-state index >= 15 is 0 Å². The maximum absolute atomic E-state index is 9.75. The quantitative estimate of drug-likeness (QED) is 0.329. The van der Waals surface area contributed by atoms with Gasteiger partial charge in [0.25, 0.3) is 0 Å². The molecule has 0 spiro atoms. The average Bonchev–Trinajstić information content (AvgIpc) is 3.33. The molecule has 1 heterocycles. The molecule has 0 saturated heterocycles. The zero-order valence-electron chi connectivity index (χ0n) is 17.2. The summed E-state index contributed by atoms with van der Waals surface area (Å²) in [6.07, 6.45) is 1.78. The second-order valence-corrected chi connectivity index (χ2v) is 7.59. The summed E-state index contributed by atoms with van der Waals surface area (Å²) >= 11 is 1.45. The van der Waals surface area contributed by atoms with E-state index < -0.39 is 0 Å². The number of hydrogen-bond donors (Lipinski definition) is 0. The zero-order valence-corrected chi connectivity index (χ0v) is 18.0. The molecule has 0 amide bonds. The van der Waals surface area contributed by atoms with Gasteiger partial charge in [0.15, 0.2) is 11.5 Å². The molecule has 4 aromatic rings. The summed E-state index contributed by atoms with van der Waals surface area (Å²) < 4.78 is 10.8. The number of thiazole rings is 1. The van der Waals surface area contributed by atoms with Crippen LogP contribution < -0.4 is 9.47 Å². The molecule has 5 heteroatoms. The van der Waals surface area contributed by atoms with Crippen molar-refractivity contribution < 1.29 is 9.47 Å². The van der Waals surface area contributed by atoms with E-state index in [-0.39, 0.29) is 0 Å². The van der Waals surface area contributed by atoms with Crippen LogP contribution in [0.15, 0.2) is 78.2 Å². The Morgan fingerprint density at radius 1 is 0.871 bits per heavy atom. The third-order valence-corrected chi connectivity index (χ3v) is 5.75. The van der Waals surface area contributed by atoms with Crippen LogP contribution in [-0.4, -0.2) is 19.2 Å². The van der Waals surface area contributed by atoms with Crippen LogP contribution in [0.1, 0.15) is 10.6 Å². The van der Waals surface area contributed by atoms with E-state index in [1.54, 1.807) is 20.3 Å². The van der Waals surface area contributed by atoms with Crippen LogP contribution in [0.4, 0.5) is 0 Å². The van der Waals surface area contributed by atoms with Gasteiger partial charge in [0.2, 0.25) is 0 Å². The van der Waals surface area contributed by atoms with Crippen molar-refractivity contribution in [3.63, 3.8) is 0 Å². The SMILES string of the molecule is COc1cccc(/C=C(/C#N)c2nc(-c3ccc(-c4ccccc4)cc3)cs2)c1OC. The Hall–Kier alpha value is -3.88. The molecule has 0 aliphatic carbocycles. The second kappa shape index (κ2) is 9.29. The normalized spacial score (nSPS) is 11.1. The van der Waals surface area contributed by atoms with Crippen molar-refractivity contribution in [1.29, 1.82) is 5.26 Å². The van der Waals surface area contributed by atoms with Crippen LogP contribution in [0.3, 0.4) is 0 Å². The summed E-state index contributed by atoms with van der Waals surface area (Å²) in [6, 6.07) is 26.4. The number of ether oxygens (including phenoxy) is 2. The fourth-order valence-electron chi connectivity index (χ4n) is 3.32. The van der Waals surface area contributed by atoms with Crippen molar-refractivity contribution >= 4 is 23.0 Å². The van der Waals surface area contributed by atoms with Crippen LogP contribution in [0.5, 0.6) is 11.5 Å². The van der Waals surface area contributed by atoms with Crippen molar-refractivity contribution in [2.24, 2.45) is 0 Å². The number of para-hydroxylation sites is 1. The van der Waals surface area contributed by atoms with E-state index in [0.29, 0.717) is 22.1 Å². The lowest BCUT2D eigenvalue weighted by Crippen LogP contribution is -1.93. The van der Waals surface area contributed by atoms with Crippen molar-refractivity contribution in [1.82, 2.24) is 4.98 Å². The molecule has 0 aliphatic rings. The minimum atomic E-state index is 0.476. The first-order valence-electron chi connectivity index (χ1n) is 9.68. The van der Waals surface area contributed by atoms with E-state index in [1.165, 1.54) is 16.9 Å². The van der Waals surface area contributed by atoms with Gasteiger partial charge >= 0.3 is 0 Å². The molecule has 0 fully saturated rings. The molecule has 3 aromatic carbocycles. The number of nitriles is 1. The predicted octanol–water partition coefficient (Wildman–Crippen LogP) is 6.56. The third kappa shape index (κ3) is 4.35. The number of allylic oxidation sites excluding steroid dienone is 1. The summed E-state index contributed by atoms with van der Waals surface area (Å²) in [4.78, 5) is 4.70. The summed E-state index contributed by atoms with van der Waals surface area (Å²) in [6.45, 7) is 0. The number of rotatable bonds is 6. The van der Waals surface area contributed by atoms with E-state index in [0.717, 1.165) is 22.4 Å². The van der Waals surface area contributed by atoms with Gasteiger partial charge in [-0.05, 0) is 23.3 Å². The predicted molar refractivity (Wildman–Crippen MR) is 126 cm³/mol. The molecule has 1 aromatic heterocycles. The van der Waals surface area contributed by atoms with Gasteiger partial charge in [0, 0.05) is 16.5 Å². The van der Waals surface area contributed by atoms with E-state index in [2.05, 4.69) is 42.5 Å². The number of methoxy groups -OCH3 is 2. The van der Waals surface area contributed by atoms with Crippen LogP contribution in [0, 0.1) is 11.3 Å². The Labute approximate surface area is 185 Å². The van der Waals surface area contributed by atoms with Gasteiger partial charge < -0.3 is 9.47 Å². The maximum atomic E-state index is 9.75. The topological polar surface area (TPSA) is 55.1 Å². The smallest absolute Gasteiger partial charge is 0.167 e. The Morgan fingerprint density at radius 3 is 2.26 bits per heavy atom. The lowest BCUT2D eigenvalue weighted by Gasteiger charge is -2.10. The van der Waals surface area contributed by atoms with Crippen LogP contribution in [-0.2, 0) is 0 Å². The highest BCUT2D eigenvalue weighted by Crippen LogP contribution is 2.34. The van der Waals surface area contributed by atoms with E-state index in [9.17, 15) is 5.26 Å². The van der Waals surface area contributed by atoms with Gasteiger partial charge in [-0.1, -0.05) is 66.7 Å². The molecule has 0 aliphatic heterocycles. The summed E-state index contributed by atoms with van der Waals surface area (Å²) in [5.41, 5.74) is 5.43. The minimum absolute atomic E-state index is 0.476. The molecule has 4 nitrogen and oxygen atoms in total. The van der Waals surface area contributed by atoms with Crippen molar-refractivity contribution in [3.05, 3.63) is 88.7 Å². The van der Waals surface area contributed by atoms with Gasteiger partial charge in [-0.3, -0.25) is 0 Å². The minimum Gasteiger partial charge on any atom is -0.493 e. The van der Waals surface area contributed by atoms with Gasteiger partial charge in [-0.25, -0.2) is 4.98 Å². The van der Waals surface area contributed by atoms with Crippen LogP contribution in [0.25, 0.3) is 34.0 Å². The van der Waals surface area contributed by atoms with Crippen molar-refractivity contribution in [3.8, 4) is 40.0 Å². The first-order chi connectivity index (χ1) is 15.2. The molecule has 0 N–H and O–H groups in total. The fraction of sp³-hybridized carbons (Fsp3) is 0.0769. The first kappa shape index (κ1) is 20.4. The van der Waals surface area contributed by atoms with Crippen LogP contribution >= 0.6 is 11.3 Å². The van der Waals surface area contributed by atoms with Crippen LogP contribution in [0.2, 0.25) is 0 Å². The van der Waals surface area contributed by atoms with Gasteiger partial charge in [0.1, 0.15) is 11.1 Å². The van der Waals surface area contributed by atoms with Gasteiger partial charge in [-0.2, -0.15) is 5.26 Å². The largest absolute Gasteiger partial charge is 0.493 e. The lowest BCUT2D eigenvalue weighted by atomic mass is 10.0. The highest BCUT2D eigenvalue weighted by atomic mass is 32.1. The number of aromatic nitrogens is 1. The maximum Gasteiger partial charge on any atom is 0.167 e. The zero-order chi connectivity index (χ0) is 21.6. The number of nitrogens with zero attached hydrogens (tertiary/aromatic N) is 2. The Balaban J connectivity index is 1.64. The number of hydrogen-bond acceptors (Lipinski definition) is 5. The molecule has 31 heavy (non-hydrogen) atoms. The average molecular weight is 425 g/mol.